The molecule has 7 aromatic rings. The van der Waals surface area contributed by atoms with Crippen LogP contribution in [0.3, 0.4) is 0 Å². The van der Waals surface area contributed by atoms with E-state index in [1.54, 1.807) is 0 Å². The van der Waals surface area contributed by atoms with Gasteiger partial charge in [0.2, 0.25) is 5.88 Å². The predicted molar refractivity (Wildman–Crippen MR) is 186 cm³/mol. The standard InChI is InChI=1S/C40H28N4O/c1-2-11-26(12-3-1)34-24-30(23-28-14-6-7-15-31(28)34)38-42-37(29-20-19-25-10-4-5-13-27(25)22-29)43-39(44-38)32-16-8-18-35-36(32)33-17-9-21-41-40(33)45-35/h1-20,22-24,38,41H,21H2,(H,42,43,44). The van der Waals surface area contributed by atoms with Crippen LogP contribution >= 0.6 is 0 Å². The second kappa shape index (κ2) is 10.4. The van der Waals surface area contributed by atoms with E-state index in [2.05, 4.69) is 138 Å². The van der Waals surface area contributed by atoms with Gasteiger partial charge < -0.3 is 15.1 Å². The van der Waals surface area contributed by atoms with Gasteiger partial charge in [-0.25, -0.2) is 9.98 Å². The molecule has 0 radical (unpaired) electrons. The summed E-state index contributed by atoms with van der Waals surface area (Å²) in [5, 5.41) is 12.8. The molecule has 45 heavy (non-hydrogen) atoms. The maximum atomic E-state index is 6.23. The van der Waals surface area contributed by atoms with Crippen LogP contribution in [-0.2, 0) is 0 Å². The van der Waals surface area contributed by atoms with Crippen molar-refractivity contribution in [3.05, 3.63) is 156 Å². The zero-order valence-corrected chi connectivity index (χ0v) is 24.4. The minimum Gasteiger partial charge on any atom is -0.440 e. The Labute approximate surface area is 260 Å². The first kappa shape index (κ1) is 25.5. The fourth-order valence-corrected chi connectivity index (χ4v) is 6.55. The summed E-state index contributed by atoms with van der Waals surface area (Å²) >= 11 is 0. The van der Waals surface area contributed by atoms with Gasteiger partial charge in [-0.1, -0.05) is 115 Å². The van der Waals surface area contributed by atoms with Crippen LogP contribution in [0, 0.1) is 0 Å². The van der Waals surface area contributed by atoms with Crippen LogP contribution in [0.2, 0.25) is 0 Å². The van der Waals surface area contributed by atoms with E-state index >= 15 is 0 Å². The Morgan fingerprint density at radius 1 is 0.622 bits per heavy atom. The average molecular weight is 581 g/mol. The van der Waals surface area contributed by atoms with Crippen LogP contribution in [0.5, 0.6) is 0 Å². The molecule has 0 saturated heterocycles. The van der Waals surface area contributed by atoms with Gasteiger partial charge in [0.15, 0.2) is 6.17 Å². The third-order valence-corrected chi connectivity index (χ3v) is 8.70. The molecule has 0 amide bonds. The zero-order valence-electron chi connectivity index (χ0n) is 24.4. The fraction of sp³-hybridized carbons (Fsp3) is 0.0500. The molecule has 0 fully saturated rings. The van der Waals surface area contributed by atoms with E-state index in [1.165, 1.54) is 27.3 Å². The highest BCUT2D eigenvalue weighted by atomic mass is 16.3. The normalized spacial score (nSPS) is 15.8. The van der Waals surface area contributed by atoms with Crippen molar-refractivity contribution in [2.45, 2.75) is 6.17 Å². The molecule has 3 heterocycles. The molecule has 9 rings (SSSR count). The monoisotopic (exact) mass is 580 g/mol. The van der Waals surface area contributed by atoms with Crippen molar-refractivity contribution in [2.24, 2.45) is 9.98 Å². The molecule has 1 unspecified atom stereocenters. The molecule has 0 bridgehead atoms. The van der Waals surface area contributed by atoms with E-state index in [-0.39, 0.29) is 0 Å². The Hall–Kier alpha value is -5.94. The van der Waals surface area contributed by atoms with Crippen LogP contribution in [0.1, 0.15) is 28.4 Å². The number of nitrogens with zero attached hydrogens (tertiary/aromatic N) is 2. The Balaban J connectivity index is 1.26. The Bertz CT molecular complexity index is 2360. The molecule has 0 saturated carbocycles. The van der Waals surface area contributed by atoms with Crippen molar-refractivity contribution in [1.82, 2.24) is 5.32 Å². The smallest absolute Gasteiger partial charge is 0.201 e. The van der Waals surface area contributed by atoms with E-state index in [9.17, 15) is 0 Å². The number of anilines is 1. The molecule has 1 atom stereocenters. The SMILES string of the molecule is C1=Cc2c(oc3cccc(C4=NC(c5cc(-c6ccccc6)c6ccccc6c5)N=C(c5ccc6ccccc6c5)N4)c23)NC1. The Morgan fingerprint density at radius 3 is 2.33 bits per heavy atom. The number of furan rings is 1. The largest absolute Gasteiger partial charge is 0.440 e. The highest BCUT2D eigenvalue weighted by Crippen LogP contribution is 2.38. The quantitative estimate of drug-likeness (QED) is 0.218. The van der Waals surface area contributed by atoms with Gasteiger partial charge in [-0.05, 0) is 62.5 Å². The Kier molecular flexibility index (Phi) is 5.88. The van der Waals surface area contributed by atoms with E-state index in [0.29, 0.717) is 0 Å². The summed E-state index contributed by atoms with van der Waals surface area (Å²) in [4.78, 5) is 10.6. The van der Waals surface area contributed by atoms with Gasteiger partial charge in [0.25, 0.3) is 0 Å². The zero-order chi connectivity index (χ0) is 29.7. The molecule has 2 aliphatic heterocycles. The summed E-state index contributed by atoms with van der Waals surface area (Å²) in [5.74, 6) is 2.34. The summed E-state index contributed by atoms with van der Waals surface area (Å²) in [6.45, 7) is 0.744. The third kappa shape index (κ3) is 4.40. The van der Waals surface area contributed by atoms with Crippen molar-refractivity contribution < 1.29 is 4.42 Å². The number of aliphatic imine (C=N–C) groups is 2. The molecular weight excluding hydrogens is 552 g/mol. The minimum atomic E-state index is -0.457. The van der Waals surface area contributed by atoms with Crippen molar-refractivity contribution in [3.8, 4) is 11.1 Å². The van der Waals surface area contributed by atoms with Crippen molar-refractivity contribution in [1.29, 1.82) is 0 Å². The van der Waals surface area contributed by atoms with Gasteiger partial charge in [-0.2, -0.15) is 0 Å². The first-order chi connectivity index (χ1) is 22.3. The summed E-state index contributed by atoms with van der Waals surface area (Å²) in [6.07, 6.45) is 3.80. The molecule has 2 N–H and O–H groups in total. The molecule has 214 valence electrons. The van der Waals surface area contributed by atoms with Gasteiger partial charge in [0, 0.05) is 28.6 Å². The summed E-state index contributed by atoms with van der Waals surface area (Å²) in [7, 11) is 0. The topological polar surface area (TPSA) is 61.9 Å². The summed E-state index contributed by atoms with van der Waals surface area (Å²) < 4.78 is 6.23. The third-order valence-electron chi connectivity index (χ3n) is 8.70. The number of hydrogen-bond donors (Lipinski definition) is 2. The van der Waals surface area contributed by atoms with E-state index in [0.717, 1.165) is 62.7 Å². The van der Waals surface area contributed by atoms with Gasteiger partial charge in [0.1, 0.15) is 17.3 Å². The van der Waals surface area contributed by atoms with Crippen molar-refractivity contribution >= 4 is 56.1 Å². The maximum absolute atomic E-state index is 6.23. The van der Waals surface area contributed by atoms with Crippen LogP contribution in [0.4, 0.5) is 5.88 Å². The van der Waals surface area contributed by atoms with Crippen molar-refractivity contribution in [2.75, 3.05) is 11.9 Å². The van der Waals surface area contributed by atoms with E-state index in [4.69, 9.17) is 14.4 Å². The van der Waals surface area contributed by atoms with Gasteiger partial charge in [0.05, 0.1) is 0 Å². The first-order valence-electron chi connectivity index (χ1n) is 15.2. The lowest BCUT2D eigenvalue weighted by atomic mass is 9.94. The van der Waals surface area contributed by atoms with Gasteiger partial charge in [-0.15, -0.1) is 0 Å². The van der Waals surface area contributed by atoms with E-state index in [1.807, 2.05) is 12.1 Å². The molecule has 6 aromatic carbocycles. The van der Waals surface area contributed by atoms with E-state index < -0.39 is 6.17 Å². The highest BCUT2D eigenvalue weighted by molar-refractivity contribution is 6.21. The number of rotatable bonds is 4. The molecular formula is C40H28N4O. The average Bonchev–Trinajstić information content (AvgIpc) is 3.50. The Morgan fingerprint density at radius 2 is 1.42 bits per heavy atom. The number of nitrogens with one attached hydrogen (secondary N) is 2. The fourth-order valence-electron chi connectivity index (χ4n) is 6.55. The highest BCUT2D eigenvalue weighted by Gasteiger charge is 2.26. The van der Waals surface area contributed by atoms with Crippen LogP contribution in [0.15, 0.2) is 148 Å². The second-order valence-electron chi connectivity index (χ2n) is 11.5. The lowest BCUT2D eigenvalue weighted by Crippen LogP contribution is -2.36. The number of amidine groups is 2. The molecule has 5 heteroatoms. The number of hydrogen-bond acceptors (Lipinski definition) is 5. The first-order valence-corrected chi connectivity index (χ1v) is 15.2. The predicted octanol–water partition coefficient (Wildman–Crippen LogP) is 9.34. The minimum absolute atomic E-state index is 0.457. The molecule has 2 aliphatic rings. The van der Waals surface area contributed by atoms with Gasteiger partial charge in [-0.3, -0.25) is 0 Å². The summed E-state index contributed by atoms with van der Waals surface area (Å²) in [5.41, 5.74) is 7.23. The lowest BCUT2D eigenvalue weighted by Gasteiger charge is -2.24. The van der Waals surface area contributed by atoms with Crippen LogP contribution in [-0.4, -0.2) is 18.2 Å². The molecule has 0 spiro atoms. The second-order valence-corrected chi connectivity index (χ2v) is 11.5. The van der Waals surface area contributed by atoms with Crippen LogP contribution < -0.4 is 10.6 Å². The van der Waals surface area contributed by atoms with Gasteiger partial charge >= 0.3 is 0 Å². The summed E-state index contributed by atoms with van der Waals surface area (Å²) in [6, 6.07) is 44.6. The number of fused-ring (bicyclic) bond motifs is 5. The molecule has 5 nitrogen and oxygen atoms in total. The molecule has 1 aromatic heterocycles. The number of benzene rings is 6. The van der Waals surface area contributed by atoms with Crippen molar-refractivity contribution in [3.63, 3.8) is 0 Å². The lowest BCUT2D eigenvalue weighted by molar-refractivity contribution is 0.628. The maximum Gasteiger partial charge on any atom is 0.201 e. The molecule has 0 aliphatic carbocycles. The van der Waals surface area contributed by atoms with Crippen LogP contribution in [0.25, 0.3) is 49.7 Å².